The van der Waals surface area contributed by atoms with Crippen LogP contribution in [0, 0.1) is 0 Å². The van der Waals surface area contributed by atoms with Gasteiger partial charge in [0.05, 0.1) is 13.2 Å². The Labute approximate surface area is 185 Å². The Kier molecular flexibility index (Phi) is 7.71. The lowest BCUT2D eigenvalue weighted by atomic mass is 10.1. The van der Waals surface area contributed by atoms with Crippen LogP contribution < -0.4 is 4.72 Å². The van der Waals surface area contributed by atoms with E-state index in [2.05, 4.69) is 0 Å². The lowest BCUT2D eigenvalue weighted by molar-refractivity contribution is -0.0429. The normalized spacial score (nSPS) is 12.2. The van der Waals surface area contributed by atoms with Crippen LogP contribution in [0.15, 0.2) is 78.9 Å². The van der Waals surface area contributed by atoms with Crippen molar-refractivity contribution < 1.29 is 26.3 Å². The van der Waals surface area contributed by atoms with Gasteiger partial charge in [0.1, 0.15) is 0 Å². The van der Waals surface area contributed by atoms with Crippen LogP contribution in [0.4, 0.5) is 18.9 Å². The Balaban J connectivity index is 1.47. The summed E-state index contributed by atoms with van der Waals surface area (Å²) in [5, 5.41) is 0. The molecule has 0 bridgehead atoms. The Bertz CT molecular complexity index is 1140. The third-order valence-corrected chi connectivity index (χ3v) is 5.65. The number of hydrogen-bond donors (Lipinski definition) is 1. The molecule has 0 saturated carbocycles. The molecule has 1 N–H and O–H groups in total. The van der Waals surface area contributed by atoms with Crippen LogP contribution in [0.5, 0.6) is 0 Å². The quantitative estimate of drug-likeness (QED) is 0.320. The zero-order chi connectivity index (χ0) is 23.0. The van der Waals surface area contributed by atoms with Gasteiger partial charge in [-0.05, 0) is 40.8 Å². The van der Waals surface area contributed by atoms with Gasteiger partial charge in [0.15, 0.2) is 0 Å². The lowest BCUT2D eigenvalue weighted by Gasteiger charge is -2.11. The summed E-state index contributed by atoms with van der Waals surface area (Å²) in [6.45, 7) is 0.730. The van der Waals surface area contributed by atoms with Gasteiger partial charge in [-0.3, -0.25) is 4.72 Å². The Morgan fingerprint density at radius 3 is 2.12 bits per heavy atom. The van der Waals surface area contributed by atoms with Crippen molar-refractivity contribution in [3.63, 3.8) is 0 Å². The highest BCUT2D eigenvalue weighted by molar-refractivity contribution is 7.93. The SMILES string of the molecule is O=S(=O)(Nc1cccc(CCOCc2ccc(C=Cc3ccccc3)cc2)c1)C(F)(F)F. The summed E-state index contributed by atoms with van der Waals surface area (Å²) < 4.78 is 67.1. The predicted octanol–water partition coefficient (Wildman–Crippen LogP) is 5.88. The van der Waals surface area contributed by atoms with Crippen molar-refractivity contribution in [2.45, 2.75) is 18.5 Å². The van der Waals surface area contributed by atoms with Gasteiger partial charge in [-0.2, -0.15) is 21.6 Å². The van der Waals surface area contributed by atoms with E-state index in [1.165, 1.54) is 18.2 Å². The fourth-order valence-corrected chi connectivity index (χ4v) is 3.42. The predicted molar refractivity (Wildman–Crippen MR) is 120 cm³/mol. The minimum atomic E-state index is -5.44. The van der Waals surface area contributed by atoms with Crippen LogP contribution in [0.25, 0.3) is 12.2 Å². The summed E-state index contributed by atoms with van der Waals surface area (Å²) in [4.78, 5) is 0. The third kappa shape index (κ3) is 6.96. The second kappa shape index (κ2) is 10.5. The molecule has 0 heterocycles. The van der Waals surface area contributed by atoms with Gasteiger partial charge in [0.2, 0.25) is 0 Å². The Morgan fingerprint density at radius 1 is 0.812 bits per heavy atom. The highest BCUT2D eigenvalue weighted by atomic mass is 32.2. The molecule has 3 aromatic carbocycles. The molecule has 0 spiro atoms. The maximum Gasteiger partial charge on any atom is 0.516 e. The van der Waals surface area contributed by atoms with Crippen LogP contribution >= 0.6 is 0 Å². The topological polar surface area (TPSA) is 55.4 Å². The van der Waals surface area contributed by atoms with E-state index in [0.717, 1.165) is 16.7 Å². The second-order valence-electron chi connectivity index (χ2n) is 7.04. The van der Waals surface area contributed by atoms with E-state index in [-0.39, 0.29) is 5.69 Å². The molecule has 0 aliphatic rings. The van der Waals surface area contributed by atoms with Crippen LogP contribution in [-0.4, -0.2) is 20.5 Å². The van der Waals surface area contributed by atoms with Gasteiger partial charge in [-0.15, -0.1) is 0 Å². The van der Waals surface area contributed by atoms with Crippen LogP contribution in [0.2, 0.25) is 0 Å². The van der Waals surface area contributed by atoms with Crippen LogP contribution in [0.3, 0.4) is 0 Å². The summed E-state index contributed by atoms with van der Waals surface area (Å²) in [5.74, 6) is 0. The fourth-order valence-electron chi connectivity index (χ4n) is 2.86. The summed E-state index contributed by atoms with van der Waals surface area (Å²) in [6, 6.07) is 23.7. The zero-order valence-corrected chi connectivity index (χ0v) is 17.9. The molecule has 0 aromatic heterocycles. The molecule has 32 heavy (non-hydrogen) atoms. The van der Waals surface area contributed by atoms with Gasteiger partial charge < -0.3 is 4.74 Å². The number of sulfonamides is 1. The van der Waals surface area contributed by atoms with E-state index in [1.54, 1.807) is 10.8 Å². The van der Waals surface area contributed by atoms with Crippen molar-refractivity contribution in [3.8, 4) is 0 Å². The van der Waals surface area contributed by atoms with Crippen LogP contribution in [-0.2, 0) is 27.8 Å². The number of halogens is 3. The highest BCUT2D eigenvalue weighted by Crippen LogP contribution is 2.25. The number of ether oxygens (including phenoxy) is 1. The van der Waals surface area contributed by atoms with Crippen molar-refractivity contribution in [1.29, 1.82) is 0 Å². The first-order chi connectivity index (χ1) is 15.2. The molecule has 8 heteroatoms. The average Bonchev–Trinajstić information content (AvgIpc) is 2.76. The molecule has 4 nitrogen and oxygen atoms in total. The summed E-state index contributed by atoms with van der Waals surface area (Å²) in [5.41, 5.74) is -1.66. The molecule has 0 aliphatic heterocycles. The fraction of sp³-hybridized carbons (Fsp3) is 0.167. The number of alkyl halides is 3. The molecular weight excluding hydrogens is 439 g/mol. The maximum absolute atomic E-state index is 12.5. The van der Waals surface area contributed by atoms with Gasteiger partial charge in [0, 0.05) is 5.69 Å². The van der Waals surface area contributed by atoms with Gasteiger partial charge in [-0.1, -0.05) is 78.9 Å². The lowest BCUT2D eigenvalue weighted by Crippen LogP contribution is -2.29. The first-order valence-corrected chi connectivity index (χ1v) is 11.3. The first kappa shape index (κ1) is 23.6. The molecular formula is C24H22F3NO3S. The Morgan fingerprint density at radius 2 is 1.47 bits per heavy atom. The maximum atomic E-state index is 12.5. The number of benzene rings is 3. The number of hydrogen-bond acceptors (Lipinski definition) is 3. The number of nitrogens with one attached hydrogen (secondary N) is 1. The summed E-state index contributed by atoms with van der Waals surface area (Å²) in [6.07, 6.45) is 4.49. The Hall–Kier alpha value is -3.10. The molecule has 0 atom stereocenters. The van der Waals surface area contributed by atoms with Crippen LogP contribution in [0.1, 0.15) is 22.3 Å². The smallest absolute Gasteiger partial charge is 0.376 e. The van der Waals surface area contributed by atoms with Crippen molar-refractivity contribution in [2.75, 3.05) is 11.3 Å². The van der Waals surface area contributed by atoms with Crippen molar-refractivity contribution in [1.82, 2.24) is 0 Å². The minimum absolute atomic E-state index is 0.140. The summed E-state index contributed by atoms with van der Waals surface area (Å²) in [7, 11) is -5.44. The molecule has 3 aromatic rings. The highest BCUT2D eigenvalue weighted by Gasteiger charge is 2.46. The van der Waals surface area contributed by atoms with E-state index >= 15 is 0 Å². The second-order valence-corrected chi connectivity index (χ2v) is 8.71. The number of rotatable bonds is 9. The number of anilines is 1. The first-order valence-electron chi connectivity index (χ1n) is 9.81. The van der Waals surface area contributed by atoms with E-state index in [4.69, 9.17) is 4.74 Å². The molecule has 0 aliphatic carbocycles. The zero-order valence-electron chi connectivity index (χ0n) is 17.0. The molecule has 0 unspecified atom stereocenters. The molecule has 3 rings (SSSR count). The van der Waals surface area contributed by atoms with Crippen molar-refractivity contribution in [3.05, 3.63) is 101 Å². The monoisotopic (exact) mass is 461 g/mol. The van der Waals surface area contributed by atoms with E-state index in [9.17, 15) is 21.6 Å². The van der Waals surface area contributed by atoms with Crippen molar-refractivity contribution >= 4 is 27.9 Å². The molecule has 0 radical (unpaired) electrons. The van der Waals surface area contributed by atoms with Gasteiger partial charge in [0.25, 0.3) is 0 Å². The molecule has 168 valence electrons. The molecule has 0 saturated heterocycles. The third-order valence-electron chi connectivity index (χ3n) is 4.54. The summed E-state index contributed by atoms with van der Waals surface area (Å²) >= 11 is 0. The van der Waals surface area contributed by atoms with E-state index in [0.29, 0.717) is 25.2 Å². The average molecular weight is 462 g/mol. The molecule has 0 amide bonds. The standard InChI is InChI=1S/C24H22F3NO3S/c25-24(26,27)32(29,30)28-23-8-4-7-21(17-23)15-16-31-18-22-13-11-20(12-14-22)10-9-19-5-2-1-3-6-19/h1-14,17,28H,15-16,18H2. The van der Waals surface area contributed by atoms with Crippen molar-refractivity contribution in [2.24, 2.45) is 0 Å². The minimum Gasteiger partial charge on any atom is -0.376 e. The molecule has 0 fully saturated rings. The van der Waals surface area contributed by atoms with Gasteiger partial charge in [-0.25, -0.2) is 0 Å². The van der Waals surface area contributed by atoms with Gasteiger partial charge >= 0.3 is 15.5 Å². The largest absolute Gasteiger partial charge is 0.516 e. The van der Waals surface area contributed by atoms with E-state index in [1.807, 2.05) is 66.7 Å². The van der Waals surface area contributed by atoms with E-state index < -0.39 is 15.5 Å².